The van der Waals surface area contributed by atoms with Crippen LogP contribution in [0, 0.1) is 0 Å². The number of fused-ring (bicyclic) bond motifs is 1. The molecule has 0 saturated carbocycles. The summed E-state index contributed by atoms with van der Waals surface area (Å²) in [4.78, 5) is 0. The van der Waals surface area contributed by atoms with Gasteiger partial charge in [-0.25, -0.2) is 0 Å². The van der Waals surface area contributed by atoms with E-state index >= 15 is 0 Å². The molecule has 2 aromatic carbocycles. The lowest BCUT2D eigenvalue weighted by Gasteiger charge is -2.23. The van der Waals surface area contributed by atoms with E-state index in [2.05, 4.69) is 65.8 Å². The molecule has 0 heterocycles. The molecule has 0 bridgehead atoms. The summed E-state index contributed by atoms with van der Waals surface area (Å²) in [7, 11) is 0.755. The van der Waals surface area contributed by atoms with Crippen LogP contribution in [0.1, 0.15) is 52.7 Å². The van der Waals surface area contributed by atoms with Gasteiger partial charge in [-0.15, -0.1) is 0 Å². The Kier molecular flexibility index (Phi) is 4.07. The Morgan fingerprint density at radius 2 is 1.48 bits per heavy atom. The van der Waals surface area contributed by atoms with Crippen molar-refractivity contribution in [3.63, 3.8) is 0 Å². The zero-order valence-corrected chi connectivity index (χ0v) is 13.8. The maximum Gasteiger partial charge on any atom is 0.569 e. The number of hydrogen-bond donors (Lipinski definition) is 1. The third kappa shape index (κ3) is 3.41. The highest BCUT2D eigenvalue weighted by Gasteiger charge is 2.19. The van der Waals surface area contributed by atoms with E-state index in [4.69, 9.17) is 9.68 Å². The molecule has 0 unspecified atom stereocenters. The van der Waals surface area contributed by atoms with E-state index in [1.54, 1.807) is 0 Å². The third-order valence-electron chi connectivity index (χ3n) is 3.83. The molecule has 21 heavy (non-hydrogen) atoms. The van der Waals surface area contributed by atoms with Crippen molar-refractivity contribution in [3.8, 4) is 5.75 Å². The van der Waals surface area contributed by atoms with Gasteiger partial charge in [0.25, 0.3) is 0 Å². The molecular formula is C18H24BO2. The average molecular weight is 283 g/mol. The number of benzene rings is 2. The van der Waals surface area contributed by atoms with Crippen molar-refractivity contribution in [2.75, 3.05) is 0 Å². The predicted molar refractivity (Wildman–Crippen MR) is 89.9 cm³/mol. The minimum atomic E-state index is 0.0322. The summed E-state index contributed by atoms with van der Waals surface area (Å²) in [5, 5.41) is 11.2. The predicted octanol–water partition coefficient (Wildman–Crippen LogP) is 4.34. The fraction of sp³-hybridized carbons (Fsp3) is 0.444. The summed E-state index contributed by atoms with van der Waals surface area (Å²) in [5.74, 6) is 0.700. The van der Waals surface area contributed by atoms with Crippen LogP contribution in [-0.2, 0) is 10.8 Å². The van der Waals surface area contributed by atoms with Crippen LogP contribution in [0.5, 0.6) is 5.75 Å². The maximum atomic E-state index is 9.05. The SMILES string of the molecule is CC(C)(C)c1cc(O[B]O)c2cc(C(C)(C)C)ccc2c1. The van der Waals surface area contributed by atoms with Crippen LogP contribution in [0.25, 0.3) is 10.8 Å². The van der Waals surface area contributed by atoms with Gasteiger partial charge in [-0.2, -0.15) is 0 Å². The second-order valence-corrected chi connectivity index (χ2v) is 7.63. The van der Waals surface area contributed by atoms with Gasteiger partial charge in [-0.3, -0.25) is 0 Å². The van der Waals surface area contributed by atoms with Crippen molar-refractivity contribution in [2.24, 2.45) is 0 Å². The lowest BCUT2D eigenvalue weighted by molar-refractivity contribution is 0.455. The minimum absolute atomic E-state index is 0.0322. The lowest BCUT2D eigenvalue weighted by atomic mass is 9.83. The molecule has 1 N–H and O–H groups in total. The zero-order chi connectivity index (χ0) is 15.8. The molecule has 2 aromatic rings. The molecule has 0 aliphatic heterocycles. The Balaban J connectivity index is 2.70. The Labute approximate surface area is 128 Å². The fourth-order valence-corrected chi connectivity index (χ4v) is 2.38. The molecule has 0 amide bonds. The standard InChI is InChI=1S/C18H24BO2/c1-17(2,3)13-8-7-12-9-14(18(4,5)6)11-16(21-19-20)15(12)10-13/h7-11,20H,1-6H3. The van der Waals surface area contributed by atoms with Crippen LogP contribution in [0.4, 0.5) is 0 Å². The summed E-state index contributed by atoms with van der Waals surface area (Å²) < 4.78 is 5.35. The highest BCUT2D eigenvalue weighted by molar-refractivity contribution is 6.18. The first-order valence-corrected chi connectivity index (χ1v) is 7.34. The largest absolute Gasteiger partial charge is 0.569 e. The van der Waals surface area contributed by atoms with Crippen LogP contribution in [0.2, 0.25) is 0 Å². The highest BCUT2D eigenvalue weighted by atomic mass is 16.5. The first-order chi connectivity index (χ1) is 9.63. The molecular weight excluding hydrogens is 259 g/mol. The molecule has 0 fully saturated rings. The second-order valence-electron chi connectivity index (χ2n) is 7.63. The van der Waals surface area contributed by atoms with Crippen molar-refractivity contribution in [1.82, 2.24) is 0 Å². The van der Waals surface area contributed by atoms with E-state index in [-0.39, 0.29) is 10.8 Å². The van der Waals surface area contributed by atoms with Crippen LogP contribution in [0.15, 0.2) is 30.3 Å². The van der Waals surface area contributed by atoms with Gasteiger partial charge < -0.3 is 9.68 Å². The number of hydrogen-bond acceptors (Lipinski definition) is 2. The van der Waals surface area contributed by atoms with Crippen LogP contribution in [-0.4, -0.2) is 12.7 Å². The zero-order valence-electron chi connectivity index (χ0n) is 13.8. The Morgan fingerprint density at radius 3 is 2.00 bits per heavy atom. The van der Waals surface area contributed by atoms with Gasteiger partial charge in [0.2, 0.25) is 0 Å². The molecule has 0 aliphatic rings. The first-order valence-electron chi connectivity index (χ1n) is 7.34. The summed E-state index contributed by atoms with van der Waals surface area (Å²) in [6, 6.07) is 10.7. The molecule has 0 atom stereocenters. The topological polar surface area (TPSA) is 29.5 Å². The van der Waals surface area contributed by atoms with Gasteiger partial charge in [0.15, 0.2) is 0 Å². The number of rotatable bonds is 2. The van der Waals surface area contributed by atoms with E-state index in [0.29, 0.717) is 5.75 Å². The Bertz CT molecular complexity index is 649. The monoisotopic (exact) mass is 283 g/mol. The van der Waals surface area contributed by atoms with Crippen LogP contribution >= 0.6 is 0 Å². The molecule has 111 valence electrons. The molecule has 0 aromatic heterocycles. The van der Waals surface area contributed by atoms with Crippen molar-refractivity contribution in [2.45, 2.75) is 52.4 Å². The van der Waals surface area contributed by atoms with Crippen LogP contribution in [0.3, 0.4) is 0 Å². The average Bonchev–Trinajstić information content (AvgIpc) is 2.36. The highest BCUT2D eigenvalue weighted by Crippen LogP contribution is 2.35. The molecule has 2 nitrogen and oxygen atoms in total. The minimum Gasteiger partial charge on any atom is -0.537 e. The second kappa shape index (κ2) is 5.38. The van der Waals surface area contributed by atoms with E-state index in [1.807, 2.05) is 6.07 Å². The molecule has 0 spiro atoms. The molecule has 3 heteroatoms. The van der Waals surface area contributed by atoms with Gasteiger partial charge in [-0.05, 0) is 39.5 Å². The lowest BCUT2D eigenvalue weighted by Crippen LogP contribution is -2.13. The van der Waals surface area contributed by atoms with Crippen molar-refractivity contribution in [3.05, 3.63) is 41.5 Å². The summed E-state index contributed by atoms with van der Waals surface area (Å²) in [6.07, 6.45) is 0. The van der Waals surface area contributed by atoms with E-state index in [9.17, 15) is 0 Å². The fourth-order valence-electron chi connectivity index (χ4n) is 2.38. The third-order valence-corrected chi connectivity index (χ3v) is 3.83. The van der Waals surface area contributed by atoms with Crippen LogP contribution < -0.4 is 4.65 Å². The smallest absolute Gasteiger partial charge is 0.537 e. The summed E-state index contributed by atoms with van der Waals surface area (Å²) in [6.45, 7) is 13.1. The van der Waals surface area contributed by atoms with E-state index in [1.165, 1.54) is 11.1 Å². The quantitative estimate of drug-likeness (QED) is 0.831. The summed E-state index contributed by atoms with van der Waals surface area (Å²) in [5.41, 5.74) is 2.55. The van der Waals surface area contributed by atoms with Gasteiger partial charge in [0.1, 0.15) is 5.75 Å². The Hall–Kier alpha value is -1.48. The van der Waals surface area contributed by atoms with Crippen molar-refractivity contribution < 1.29 is 9.68 Å². The van der Waals surface area contributed by atoms with Gasteiger partial charge in [0, 0.05) is 5.39 Å². The van der Waals surface area contributed by atoms with Crippen molar-refractivity contribution in [1.29, 1.82) is 0 Å². The molecule has 1 radical (unpaired) electrons. The molecule has 0 saturated heterocycles. The maximum absolute atomic E-state index is 9.05. The van der Waals surface area contributed by atoms with Gasteiger partial charge >= 0.3 is 7.69 Å². The first kappa shape index (κ1) is 15.9. The van der Waals surface area contributed by atoms with Crippen molar-refractivity contribution >= 4 is 18.5 Å². The molecule has 0 aliphatic carbocycles. The summed E-state index contributed by atoms with van der Waals surface area (Å²) >= 11 is 0. The van der Waals surface area contributed by atoms with E-state index < -0.39 is 0 Å². The van der Waals surface area contributed by atoms with Gasteiger partial charge in [0.05, 0.1) is 0 Å². The van der Waals surface area contributed by atoms with Gasteiger partial charge in [-0.1, -0.05) is 59.7 Å². The normalized spacial score (nSPS) is 12.5. The molecule has 2 rings (SSSR count). The van der Waals surface area contributed by atoms with E-state index in [0.717, 1.165) is 18.5 Å². The Morgan fingerprint density at radius 1 is 0.857 bits per heavy atom.